The van der Waals surface area contributed by atoms with E-state index in [2.05, 4.69) is 6.58 Å². The third-order valence-corrected chi connectivity index (χ3v) is 4.41. The number of esters is 1. The molecule has 1 aliphatic carbocycles. The van der Waals surface area contributed by atoms with Gasteiger partial charge in [-0.3, -0.25) is 14.4 Å². The van der Waals surface area contributed by atoms with Crippen molar-refractivity contribution in [2.24, 2.45) is 11.3 Å². The molecule has 1 saturated heterocycles. The molecule has 2 fully saturated rings. The maximum atomic E-state index is 12.3. The zero-order chi connectivity index (χ0) is 15.1. The van der Waals surface area contributed by atoms with Gasteiger partial charge < -0.3 is 4.74 Å². The number of hydrogen-bond acceptors (Lipinski definition) is 5. The van der Waals surface area contributed by atoms with Crippen molar-refractivity contribution < 1.29 is 23.9 Å². The molecule has 0 unspecified atom stereocenters. The largest absolute Gasteiger partial charge is 0.458 e. The SMILES string of the molecule is C=C1C(=O)O[C@H]2C[C@](C)(C(=O)CC(=O)CC)C(=O)C[C@@H]12. The third kappa shape index (κ3) is 2.21. The summed E-state index contributed by atoms with van der Waals surface area (Å²) in [6.07, 6.45) is -0.202. The van der Waals surface area contributed by atoms with Gasteiger partial charge in [0.05, 0.1) is 11.8 Å². The highest BCUT2D eigenvalue weighted by atomic mass is 16.6. The van der Waals surface area contributed by atoms with Crippen LogP contribution >= 0.6 is 0 Å². The topological polar surface area (TPSA) is 77.5 Å². The highest BCUT2D eigenvalue weighted by Gasteiger charge is 2.54. The van der Waals surface area contributed by atoms with E-state index >= 15 is 0 Å². The lowest BCUT2D eigenvalue weighted by Crippen LogP contribution is -2.46. The first-order valence-electron chi connectivity index (χ1n) is 6.77. The Labute approximate surface area is 117 Å². The Morgan fingerprint density at radius 2 is 2.05 bits per heavy atom. The number of hydrogen-bond donors (Lipinski definition) is 0. The van der Waals surface area contributed by atoms with Gasteiger partial charge in [-0.2, -0.15) is 0 Å². The summed E-state index contributed by atoms with van der Waals surface area (Å²) in [5.74, 6) is -1.60. The van der Waals surface area contributed by atoms with Crippen LogP contribution in [0.1, 0.15) is 39.5 Å². The molecule has 2 aliphatic rings. The molecule has 5 nitrogen and oxygen atoms in total. The molecule has 2 rings (SSSR count). The van der Waals surface area contributed by atoms with Gasteiger partial charge in [-0.25, -0.2) is 4.79 Å². The maximum Gasteiger partial charge on any atom is 0.334 e. The van der Waals surface area contributed by atoms with Crippen LogP contribution in [-0.4, -0.2) is 29.4 Å². The molecule has 0 amide bonds. The van der Waals surface area contributed by atoms with Crippen LogP contribution in [0.3, 0.4) is 0 Å². The Kier molecular flexibility index (Phi) is 3.63. The molecular formula is C15H18O5. The molecule has 0 radical (unpaired) electrons. The second-order valence-corrected chi connectivity index (χ2v) is 5.73. The van der Waals surface area contributed by atoms with Crippen molar-refractivity contribution in [1.29, 1.82) is 0 Å². The Morgan fingerprint density at radius 1 is 1.40 bits per heavy atom. The number of ketones is 3. The first-order chi connectivity index (χ1) is 9.29. The number of carbonyl (C=O) groups is 4. The Bertz CT molecular complexity index is 518. The fourth-order valence-corrected chi connectivity index (χ4v) is 2.82. The van der Waals surface area contributed by atoms with Gasteiger partial charge in [0.25, 0.3) is 0 Å². The summed E-state index contributed by atoms with van der Waals surface area (Å²) in [5.41, 5.74) is -0.917. The van der Waals surface area contributed by atoms with Crippen molar-refractivity contribution in [3.63, 3.8) is 0 Å². The van der Waals surface area contributed by atoms with Crippen molar-refractivity contribution in [3.8, 4) is 0 Å². The molecule has 3 atom stereocenters. The summed E-state index contributed by atoms with van der Waals surface area (Å²) >= 11 is 0. The number of rotatable bonds is 4. The van der Waals surface area contributed by atoms with E-state index in [-0.39, 0.29) is 49.0 Å². The molecule has 1 heterocycles. The summed E-state index contributed by atoms with van der Waals surface area (Å²) < 4.78 is 5.17. The van der Waals surface area contributed by atoms with Crippen LogP contribution in [0.2, 0.25) is 0 Å². The lowest BCUT2D eigenvalue weighted by atomic mass is 9.65. The molecule has 0 aromatic carbocycles. The van der Waals surface area contributed by atoms with Crippen LogP contribution in [0.15, 0.2) is 12.2 Å². The first kappa shape index (κ1) is 14.6. The lowest BCUT2D eigenvalue weighted by Gasteiger charge is -2.35. The normalized spacial score (nSPS) is 32.8. The molecule has 0 aromatic heterocycles. The minimum atomic E-state index is -1.23. The number of carbonyl (C=O) groups excluding carboxylic acids is 4. The standard InChI is InChI=1S/C15H18O5/c1-4-9(16)5-12(17)15(3)7-11-10(6-13(15)18)8(2)14(19)20-11/h10-11H,2,4-7H2,1,3H3/t10-,11-,15+/m0/s1. The maximum absolute atomic E-state index is 12.3. The van der Waals surface area contributed by atoms with E-state index < -0.39 is 17.5 Å². The Balaban J connectivity index is 2.19. The van der Waals surface area contributed by atoms with Crippen molar-refractivity contribution >= 4 is 23.3 Å². The van der Waals surface area contributed by atoms with Crippen LogP contribution < -0.4 is 0 Å². The predicted molar refractivity (Wildman–Crippen MR) is 69.8 cm³/mol. The average Bonchev–Trinajstić information content (AvgIpc) is 2.65. The van der Waals surface area contributed by atoms with Crippen LogP contribution in [0, 0.1) is 11.3 Å². The molecule has 1 saturated carbocycles. The zero-order valence-electron chi connectivity index (χ0n) is 11.7. The number of ether oxygens (including phenoxy) is 1. The second kappa shape index (κ2) is 4.96. The average molecular weight is 278 g/mol. The lowest BCUT2D eigenvalue weighted by molar-refractivity contribution is -0.152. The van der Waals surface area contributed by atoms with Crippen molar-refractivity contribution in [1.82, 2.24) is 0 Å². The zero-order valence-corrected chi connectivity index (χ0v) is 11.7. The molecule has 0 spiro atoms. The molecule has 1 aliphatic heterocycles. The van der Waals surface area contributed by atoms with Crippen LogP contribution in [0.25, 0.3) is 0 Å². The van der Waals surface area contributed by atoms with E-state index in [1.165, 1.54) is 0 Å². The summed E-state index contributed by atoms with van der Waals surface area (Å²) in [5, 5.41) is 0. The van der Waals surface area contributed by atoms with E-state index in [0.717, 1.165) is 0 Å². The van der Waals surface area contributed by atoms with Gasteiger partial charge >= 0.3 is 5.97 Å². The molecule has 0 aromatic rings. The third-order valence-electron chi connectivity index (χ3n) is 4.41. The van der Waals surface area contributed by atoms with Crippen LogP contribution in [0.5, 0.6) is 0 Å². The van der Waals surface area contributed by atoms with Gasteiger partial charge in [-0.15, -0.1) is 0 Å². The number of fused-ring (bicyclic) bond motifs is 1. The Morgan fingerprint density at radius 3 is 2.65 bits per heavy atom. The molecule has 0 N–H and O–H groups in total. The van der Waals surface area contributed by atoms with Gasteiger partial charge in [0.15, 0.2) is 5.78 Å². The van der Waals surface area contributed by atoms with E-state index in [1.807, 2.05) is 0 Å². The minimum absolute atomic E-state index is 0.0811. The summed E-state index contributed by atoms with van der Waals surface area (Å²) in [7, 11) is 0. The van der Waals surface area contributed by atoms with E-state index in [0.29, 0.717) is 5.57 Å². The highest BCUT2D eigenvalue weighted by Crippen LogP contribution is 2.44. The van der Waals surface area contributed by atoms with Gasteiger partial charge in [-0.1, -0.05) is 13.5 Å². The van der Waals surface area contributed by atoms with Gasteiger partial charge in [-0.05, 0) is 6.92 Å². The summed E-state index contributed by atoms with van der Waals surface area (Å²) in [4.78, 5) is 47.4. The van der Waals surface area contributed by atoms with E-state index in [1.54, 1.807) is 13.8 Å². The fraction of sp³-hybridized carbons (Fsp3) is 0.600. The molecule has 5 heteroatoms. The quantitative estimate of drug-likeness (QED) is 0.441. The Hall–Kier alpha value is -1.78. The van der Waals surface area contributed by atoms with Crippen molar-refractivity contribution in [2.45, 2.75) is 45.6 Å². The predicted octanol–water partition coefficient (Wildman–Crippen LogP) is 1.39. The molecule has 0 bridgehead atoms. The molecular weight excluding hydrogens is 260 g/mol. The fourth-order valence-electron chi connectivity index (χ4n) is 2.82. The van der Waals surface area contributed by atoms with Crippen LogP contribution in [-0.2, 0) is 23.9 Å². The summed E-state index contributed by atoms with van der Waals surface area (Å²) in [6.45, 7) is 6.87. The molecule has 20 heavy (non-hydrogen) atoms. The van der Waals surface area contributed by atoms with E-state index in [9.17, 15) is 19.2 Å². The van der Waals surface area contributed by atoms with Crippen molar-refractivity contribution in [2.75, 3.05) is 0 Å². The second-order valence-electron chi connectivity index (χ2n) is 5.73. The first-order valence-corrected chi connectivity index (χ1v) is 6.77. The van der Waals surface area contributed by atoms with Gasteiger partial charge in [0.1, 0.15) is 17.7 Å². The molecule has 108 valence electrons. The van der Waals surface area contributed by atoms with E-state index in [4.69, 9.17) is 4.74 Å². The van der Waals surface area contributed by atoms with Gasteiger partial charge in [0.2, 0.25) is 0 Å². The monoisotopic (exact) mass is 278 g/mol. The highest BCUT2D eigenvalue weighted by molar-refractivity contribution is 6.13. The smallest absolute Gasteiger partial charge is 0.334 e. The number of Topliss-reactive ketones (excluding diaryl/α,β-unsaturated/α-hetero) is 3. The van der Waals surface area contributed by atoms with Crippen molar-refractivity contribution in [3.05, 3.63) is 12.2 Å². The minimum Gasteiger partial charge on any atom is -0.458 e. The summed E-state index contributed by atoms with van der Waals surface area (Å²) in [6, 6.07) is 0. The van der Waals surface area contributed by atoms with Crippen LogP contribution in [0.4, 0.5) is 0 Å². The van der Waals surface area contributed by atoms with Gasteiger partial charge in [0, 0.05) is 30.8 Å².